The molecule has 0 atom stereocenters. The van der Waals surface area contributed by atoms with Crippen LogP contribution in [-0.2, 0) is 0 Å². The van der Waals surface area contributed by atoms with Gasteiger partial charge in [-0.05, 0) is 57.5 Å². The first kappa shape index (κ1) is 15.9. The number of halogens is 1. The minimum absolute atomic E-state index is 0.298. The van der Waals surface area contributed by atoms with Gasteiger partial charge in [0.2, 0.25) is 0 Å². The van der Waals surface area contributed by atoms with Gasteiger partial charge in [-0.15, -0.1) is 5.10 Å². The Morgan fingerprint density at radius 3 is 1.92 bits per heavy atom. The van der Waals surface area contributed by atoms with Crippen LogP contribution in [0.25, 0.3) is 17.3 Å². The van der Waals surface area contributed by atoms with E-state index in [1.807, 2.05) is 66.7 Å². The fraction of sp³-hybridized carbons (Fsp3) is 0. The minimum atomic E-state index is -0.298. The zero-order chi connectivity index (χ0) is 17.8. The van der Waals surface area contributed by atoms with Gasteiger partial charge in [-0.2, -0.15) is 4.68 Å². The number of hydrogen-bond donors (Lipinski definition) is 0. The molecule has 0 aliphatic heterocycles. The van der Waals surface area contributed by atoms with Crippen molar-refractivity contribution in [2.75, 3.05) is 0 Å². The van der Waals surface area contributed by atoms with Gasteiger partial charge in [0, 0.05) is 0 Å². The highest BCUT2D eigenvalue weighted by molar-refractivity contribution is 5.90. The predicted molar refractivity (Wildman–Crippen MR) is 99.0 cm³/mol. The van der Waals surface area contributed by atoms with E-state index in [0.29, 0.717) is 11.5 Å². The predicted octanol–water partition coefficient (Wildman–Crippen LogP) is 4.39. The van der Waals surface area contributed by atoms with Gasteiger partial charge < -0.3 is 0 Å². The molecule has 1 heterocycles. The average Bonchev–Trinajstić information content (AvgIpc) is 3.16. The molecule has 5 heteroatoms. The Kier molecular flexibility index (Phi) is 4.35. The fourth-order valence-electron chi connectivity index (χ4n) is 2.75. The normalized spacial score (nSPS) is 10.5. The molecule has 0 aliphatic rings. The Hall–Kier alpha value is -3.60. The number of aromatic nitrogens is 4. The van der Waals surface area contributed by atoms with Crippen molar-refractivity contribution in [2.45, 2.75) is 0 Å². The maximum atomic E-state index is 13.2. The van der Waals surface area contributed by atoms with E-state index in [9.17, 15) is 4.39 Å². The monoisotopic (exact) mass is 342 g/mol. The Balaban J connectivity index is 1.84. The standard InChI is InChI=1S/C21H15FN4/c22-18-11-13-19(14-12-18)26-21(23-24-25-26)15-20(16-7-3-1-4-8-16)17-9-5-2-6-10-17/h1-15H. The molecule has 0 saturated carbocycles. The molecular formula is C21H15FN4. The average molecular weight is 342 g/mol. The summed E-state index contributed by atoms with van der Waals surface area (Å²) in [6.45, 7) is 0. The third kappa shape index (κ3) is 3.28. The number of nitrogens with zero attached hydrogens (tertiary/aromatic N) is 4. The lowest BCUT2D eigenvalue weighted by atomic mass is 9.97. The van der Waals surface area contributed by atoms with E-state index in [2.05, 4.69) is 15.5 Å². The molecule has 0 unspecified atom stereocenters. The van der Waals surface area contributed by atoms with Gasteiger partial charge in [0.15, 0.2) is 5.82 Å². The lowest BCUT2D eigenvalue weighted by Crippen LogP contribution is -2.00. The summed E-state index contributed by atoms with van der Waals surface area (Å²) < 4.78 is 14.8. The van der Waals surface area contributed by atoms with Crippen molar-refractivity contribution < 1.29 is 4.39 Å². The van der Waals surface area contributed by atoms with Crippen molar-refractivity contribution in [1.29, 1.82) is 0 Å². The van der Waals surface area contributed by atoms with Gasteiger partial charge in [-0.1, -0.05) is 60.7 Å². The summed E-state index contributed by atoms with van der Waals surface area (Å²) in [7, 11) is 0. The highest BCUT2D eigenvalue weighted by atomic mass is 19.1. The fourth-order valence-corrected chi connectivity index (χ4v) is 2.75. The van der Waals surface area contributed by atoms with Gasteiger partial charge in [0.25, 0.3) is 0 Å². The number of tetrazole rings is 1. The molecule has 0 saturated heterocycles. The second-order valence-corrected chi connectivity index (χ2v) is 5.72. The zero-order valence-electron chi connectivity index (χ0n) is 13.8. The topological polar surface area (TPSA) is 43.6 Å². The highest BCUT2D eigenvalue weighted by Crippen LogP contribution is 2.25. The molecule has 26 heavy (non-hydrogen) atoms. The van der Waals surface area contributed by atoms with Gasteiger partial charge >= 0.3 is 0 Å². The molecule has 4 nitrogen and oxygen atoms in total. The Morgan fingerprint density at radius 1 is 0.769 bits per heavy atom. The van der Waals surface area contributed by atoms with Crippen LogP contribution in [-0.4, -0.2) is 20.2 Å². The van der Waals surface area contributed by atoms with Gasteiger partial charge in [-0.25, -0.2) is 4.39 Å². The Labute approximate surface area is 150 Å². The molecule has 0 amide bonds. The minimum Gasteiger partial charge on any atom is -0.207 e. The van der Waals surface area contributed by atoms with Crippen LogP contribution in [0.1, 0.15) is 17.0 Å². The van der Waals surface area contributed by atoms with Crippen LogP contribution in [0.2, 0.25) is 0 Å². The summed E-state index contributed by atoms with van der Waals surface area (Å²) in [5.74, 6) is 0.271. The maximum absolute atomic E-state index is 13.2. The van der Waals surface area contributed by atoms with Crippen LogP contribution in [0.5, 0.6) is 0 Å². The van der Waals surface area contributed by atoms with Crippen LogP contribution in [0.15, 0.2) is 84.9 Å². The molecule has 3 aromatic carbocycles. The van der Waals surface area contributed by atoms with E-state index in [1.165, 1.54) is 12.1 Å². The lowest BCUT2D eigenvalue weighted by molar-refractivity contribution is 0.626. The molecule has 126 valence electrons. The molecule has 0 bridgehead atoms. The van der Waals surface area contributed by atoms with Gasteiger partial charge in [0.05, 0.1) is 5.69 Å². The van der Waals surface area contributed by atoms with E-state index in [-0.39, 0.29) is 5.82 Å². The summed E-state index contributed by atoms with van der Waals surface area (Å²) in [4.78, 5) is 0. The summed E-state index contributed by atoms with van der Waals surface area (Å²) in [6, 6.07) is 26.2. The summed E-state index contributed by atoms with van der Waals surface area (Å²) in [5, 5.41) is 12.0. The van der Waals surface area contributed by atoms with Crippen molar-refractivity contribution in [3.63, 3.8) is 0 Å². The Morgan fingerprint density at radius 2 is 1.35 bits per heavy atom. The second kappa shape index (κ2) is 7.11. The molecule has 1 aromatic heterocycles. The summed E-state index contributed by atoms with van der Waals surface area (Å²) in [5.41, 5.74) is 3.83. The quantitative estimate of drug-likeness (QED) is 0.552. The maximum Gasteiger partial charge on any atom is 0.180 e. The van der Waals surface area contributed by atoms with E-state index in [4.69, 9.17) is 0 Å². The van der Waals surface area contributed by atoms with Crippen LogP contribution in [0.3, 0.4) is 0 Å². The van der Waals surface area contributed by atoms with E-state index < -0.39 is 0 Å². The molecule has 0 aliphatic carbocycles. The number of hydrogen-bond acceptors (Lipinski definition) is 3. The molecular weight excluding hydrogens is 327 g/mol. The van der Waals surface area contributed by atoms with Crippen molar-refractivity contribution in [2.24, 2.45) is 0 Å². The second-order valence-electron chi connectivity index (χ2n) is 5.72. The first-order chi connectivity index (χ1) is 12.8. The van der Waals surface area contributed by atoms with Crippen LogP contribution >= 0.6 is 0 Å². The van der Waals surface area contributed by atoms with Gasteiger partial charge in [0.1, 0.15) is 5.82 Å². The molecule has 0 spiro atoms. The smallest absolute Gasteiger partial charge is 0.180 e. The number of benzene rings is 3. The van der Waals surface area contributed by atoms with Crippen molar-refractivity contribution in [3.05, 3.63) is 108 Å². The van der Waals surface area contributed by atoms with E-state index >= 15 is 0 Å². The first-order valence-electron chi connectivity index (χ1n) is 8.18. The van der Waals surface area contributed by atoms with Crippen LogP contribution in [0.4, 0.5) is 4.39 Å². The van der Waals surface area contributed by atoms with Crippen molar-refractivity contribution in [1.82, 2.24) is 20.2 Å². The largest absolute Gasteiger partial charge is 0.207 e. The van der Waals surface area contributed by atoms with Gasteiger partial charge in [-0.3, -0.25) is 0 Å². The molecule has 0 fully saturated rings. The third-order valence-electron chi connectivity index (χ3n) is 4.01. The highest BCUT2D eigenvalue weighted by Gasteiger charge is 2.10. The van der Waals surface area contributed by atoms with Crippen molar-refractivity contribution >= 4 is 11.6 Å². The van der Waals surface area contributed by atoms with E-state index in [1.54, 1.807) is 16.8 Å². The molecule has 0 radical (unpaired) electrons. The lowest BCUT2D eigenvalue weighted by Gasteiger charge is -2.09. The zero-order valence-corrected chi connectivity index (χ0v) is 13.8. The molecule has 0 N–H and O–H groups in total. The Bertz CT molecular complexity index is 981. The molecule has 4 aromatic rings. The van der Waals surface area contributed by atoms with Crippen LogP contribution in [0, 0.1) is 5.82 Å². The molecule has 4 rings (SSSR count). The first-order valence-corrected chi connectivity index (χ1v) is 8.18. The summed E-state index contributed by atoms with van der Waals surface area (Å²) in [6.07, 6.45) is 1.94. The van der Waals surface area contributed by atoms with E-state index in [0.717, 1.165) is 16.7 Å². The van der Waals surface area contributed by atoms with Crippen LogP contribution < -0.4 is 0 Å². The SMILES string of the molecule is Fc1ccc(-n2nnnc2C=C(c2ccccc2)c2ccccc2)cc1. The third-order valence-corrected chi connectivity index (χ3v) is 4.01. The summed E-state index contributed by atoms with van der Waals surface area (Å²) >= 11 is 0. The number of rotatable bonds is 4. The van der Waals surface area contributed by atoms with Crippen molar-refractivity contribution in [3.8, 4) is 5.69 Å².